The van der Waals surface area contributed by atoms with Gasteiger partial charge >= 0.3 is 0 Å². The van der Waals surface area contributed by atoms with Crippen LogP contribution in [0.1, 0.15) is 26.9 Å². The van der Waals surface area contributed by atoms with Crippen LogP contribution < -0.4 is 10.6 Å². The van der Waals surface area contributed by atoms with E-state index in [-0.39, 0.29) is 11.8 Å². The molecule has 5 aromatic rings. The van der Waals surface area contributed by atoms with Crippen molar-refractivity contribution in [3.05, 3.63) is 119 Å². The maximum absolute atomic E-state index is 13.2. The number of thioether (sulfide) groups is 1. The van der Waals surface area contributed by atoms with Gasteiger partial charge in [-0.05, 0) is 59.7 Å². The smallest absolute Gasteiger partial charge is 0.255 e. The van der Waals surface area contributed by atoms with E-state index in [2.05, 4.69) is 15.6 Å². The van der Waals surface area contributed by atoms with Crippen LogP contribution in [0.5, 0.6) is 0 Å². The second kappa shape index (κ2) is 10.8. The number of aromatic nitrogens is 1. The van der Waals surface area contributed by atoms with Gasteiger partial charge in [0.25, 0.3) is 5.91 Å². The lowest BCUT2D eigenvalue weighted by atomic mass is 10.1. The van der Waals surface area contributed by atoms with Gasteiger partial charge in [-0.25, -0.2) is 4.98 Å². The minimum absolute atomic E-state index is 0.130. The van der Waals surface area contributed by atoms with Gasteiger partial charge in [0.1, 0.15) is 5.25 Å². The molecule has 36 heavy (non-hydrogen) atoms. The number of aryl methyl sites for hydroxylation is 1. The second-order valence-corrected chi connectivity index (χ2v) is 10.3. The first-order valence-corrected chi connectivity index (χ1v) is 13.2. The second-order valence-electron chi connectivity index (χ2n) is 8.23. The van der Waals surface area contributed by atoms with E-state index in [1.165, 1.54) is 23.1 Å². The maximum atomic E-state index is 13.2. The van der Waals surface area contributed by atoms with Gasteiger partial charge < -0.3 is 10.6 Å². The molecule has 2 N–H and O–H groups in total. The number of carbonyl (C=O) groups is 2. The van der Waals surface area contributed by atoms with Gasteiger partial charge in [-0.3, -0.25) is 9.59 Å². The van der Waals surface area contributed by atoms with Crippen LogP contribution in [0.3, 0.4) is 0 Å². The predicted molar refractivity (Wildman–Crippen MR) is 149 cm³/mol. The van der Waals surface area contributed by atoms with Gasteiger partial charge in [0.05, 0.1) is 5.69 Å². The highest BCUT2D eigenvalue weighted by Crippen LogP contribution is 2.37. The van der Waals surface area contributed by atoms with Crippen LogP contribution in [0.25, 0.3) is 10.8 Å². The Labute approximate surface area is 217 Å². The summed E-state index contributed by atoms with van der Waals surface area (Å²) in [4.78, 5) is 31.2. The van der Waals surface area contributed by atoms with E-state index >= 15 is 0 Å². The quantitative estimate of drug-likeness (QED) is 0.225. The number of anilines is 2. The Morgan fingerprint density at radius 3 is 2.28 bits per heavy atom. The molecule has 4 aromatic carbocycles. The van der Waals surface area contributed by atoms with E-state index < -0.39 is 5.25 Å². The first kappa shape index (κ1) is 23.8. The molecule has 0 saturated heterocycles. The summed E-state index contributed by atoms with van der Waals surface area (Å²) in [5.74, 6) is -0.296. The lowest BCUT2D eigenvalue weighted by Gasteiger charge is -2.16. The molecular formula is C29H23N3O2S2. The Kier molecular flexibility index (Phi) is 7.11. The number of hydrogen-bond acceptors (Lipinski definition) is 5. The Morgan fingerprint density at radius 1 is 0.833 bits per heavy atom. The van der Waals surface area contributed by atoms with Crippen molar-refractivity contribution in [3.63, 3.8) is 0 Å². The van der Waals surface area contributed by atoms with Crippen molar-refractivity contribution in [2.75, 3.05) is 10.6 Å². The zero-order chi connectivity index (χ0) is 24.9. The third kappa shape index (κ3) is 5.64. The third-order valence-electron chi connectivity index (χ3n) is 5.57. The zero-order valence-electron chi connectivity index (χ0n) is 19.5. The van der Waals surface area contributed by atoms with Crippen LogP contribution in [0.2, 0.25) is 0 Å². The van der Waals surface area contributed by atoms with E-state index in [0.29, 0.717) is 16.4 Å². The number of nitrogens with zero attached hydrogens (tertiary/aromatic N) is 1. The fraction of sp³-hybridized carbons (Fsp3) is 0.0690. The number of amides is 2. The number of carbonyl (C=O) groups excluding carboxylic acids is 2. The van der Waals surface area contributed by atoms with E-state index in [1.807, 2.05) is 109 Å². The molecule has 0 aliphatic rings. The molecule has 0 aliphatic heterocycles. The molecular weight excluding hydrogens is 486 g/mol. The Hall–Kier alpha value is -3.94. The summed E-state index contributed by atoms with van der Waals surface area (Å²) in [7, 11) is 0. The summed E-state index contributed by atoms with van der Waals surface area (Å²) in [5.41, 5.74) is 3.07. The summed E-state index contributed by atoms with van der Waals surface area (Å²) in [6.07, 6.45) is 0. The van der Waals surface area contributed by atoms with Gasteiger partial charge in [-0.2, -0.15) is 0 Å². The molecule has 0 spiro atoms. The van der Waals surface area contributed by atoms with Gasteiger partial charge in [0, 0.05) is 21.5 Å². The molecule has 5 rings (SSSR count). The van der Waals surface area contributed by atoms with Gasteiger partial charge in [-0.15, -0.1) is 23.1 Å². The summed E-state index contributed by atoms with van der Waals surface area (Å²) in [6.45, 7) is 1.90. The molecule has 0 fully saturated rings. The first-order chi connectivity index (χ1) is 17.5. The first-order valence-electron chi connectivity index (χ1n) is 11.4. The van der Waals surface area contributed by atoms with E-state index in [4.69, 9.17) is 0 Å². The number of fused-ring (bicyclic) bond motifs is 1. The summed E-state index contributed by atoms with van der Waals surface area (Å²) in [5, 5.41) is 10.1. The van der Waals surface area contributed by atoms with E-state index in [0.717, 1.165) is 26.9 Å². The normalized spacial score (nSPS) is 11.7. The molecule has 0 radical (unpaired) electrons. The molecule has 1 heterocycles. The monoisotopic (exact) mass is 509 g/mol. The molecule has 0 saturated carbocycles. The van der Waals surface area contributed by atoms with Crippen molar-refractivity contribution < 1.29 is 9.59 Å². The zero-order valence-corrected chi connectivity index (χ0v) is 21.1. The maximum Gasteiger partial charge on any atom is 0.255 e. The minimum Gasteiger partial charge on any atom is -0.322 e. The van der Waals surface area contributed by atoms with Crippen molar-refractivity contribution in [1.29, 1.82) is 0 Å². The molecule has 2 amide bonds. The lowest BCUT2D eigenvalue weighted by Crippen LogP contribution is -2.19. The molecule has 0 bridgehead atoms. The summed E-state index contributed by atoms with van der Waals surface area (Å²) < 4.78 is 0. The van der Waals surface area contributed by atoms with Crippen molar-refractivity contribution in [1.82, 2.24) is 4.98 Å². The third-order valence-corrected chi connectivity index (χ3v) is 7.71. The van der Waals surface area contributed by atoms with Crippen molar-refractivity contribution >= 4 is 56.5 Å². The molecule has 178 valence electrons. The Morgan fingerprint density at radius 2 is 1.56 bits per heavy atom. The van der Waals surface area contributed by atoms with Crippen molar-refractivity contribution in [2.45, 2.75) is 17.1 Å². The number of hydrogen-bond donors (Lipinski definition) is 2. The average molecular weight is 510 g/mol. The lowest BCUT2D eigenvalue weighted by molar-refractivity contribution is -0.115. The fourth-order valence-corrected chi connectivity index (χ4v) is 5.49. The highest BCUT2D eigenvalue weighted by Gasteiger charge is 2.23. The molecule has 7 heteroatoms. The van der Waals surface area contributed by atoms with E-state index in [9.17, 15) is 9.59 Å². The summed E-state index contributed by atoms with van der Waals surface area (Å²) >= 11 is 2.86. The number of nitrogens with one attached hydrogen (secondary N) is 2. The standard InChI is InChI=1S/C29H23N3O2S2/c1-19-18-35-29(30-19)32-28(34)26(21-8-3-2-4-9-21)36-25-15-13-24(14-16-25)31-27(33)23-12-11-20-7-5-6-10-22(20)17-23/h2-18,26H,1H3,(H,31,33)(H,30,32,34). The van der Waals surface area contributed by atoms with Crippen molar-refractivity contribution in [3.8, 4) is 0 Å². The highest BCUT2D eigenvalue weighted by atomic mass is 32.2. The van der Waals surface area contributed by atoms with Crippen LogP contribution in [-0.2, 0) is 4.79 Å². The van der Waals surface area contributed by atoms with Crippen LogP contribution in [0.4, 0.5) is 10.8 Å². The average Bonchev–Trinajstić information content (AvgIpc) is 3.32. The molecule has 1 atom stereocenters. The Balaban J connectivity index is 1.29. The van der Waals surface area contributed by atoms with Gasteiger partial charge in [0.2, 0.25) is 5.91 Å². The van der Waals surface area contributed by atoms with Crippen molar-refractivity contribution in [2.24, 2.45) is 0 Å². The topological polar surface area (TPSA) is 71.1 Å². The fourth-order valence-electron chi connectivity index (χ4n) is 3.77. The SMILES string of the molecule is Cc1csc(NC(=O)C(Sc2ccc(NC(=O)c3ccc4ccccc4c3)cc2)c2ccccc2)n1. The summed E-state index contributed by atoms with van der Waals surface area (Å²) in [6, 6.07) is 30.8. The number of benzene rings is 4. The van der Waals surface area contributed by atoms with Gasteiger partial charge in [-0.1, -0.05) is 60.7 Å². The van der Waals surface area contributed by atoms with Crippen LogP contribution >= 0.6 is 23.1 Å². The van der Waals surface area contributed by atoms with Crippen LogP contribution in [0.15, 0.2) is 107 Å². The predicted octanol–water partition coefficient (Wildman–Crippen LogP) is 7.33. The van der Waals surface area contributed by atoms with Crippen LogP contribution in [0, 0.1) is 6.92 Å². The van der Waals surface area contributed by atoms with Gasteiger partial charge in [0.15, 0.2) is 5.13 Å². The largest absolute Gasteiger partial charge is 0.322 e. The molecule has 1 aromatic heterocycles. The highest BCUT2D eigenvalue weighted by molar-refractivity contribution is 8.00. The van der Waals surface area contributed by atoms with Crippen LogP contribution in [-0.4, -0.2) is 16.8 Å². The molecule has 1 unspecified atom stereocenters. The number of thiazole rings is 1. The molecule has 5 nitrogen and oxygen atoms in total. The van der Waals surface area contributed by atoms with E-state index in [1.54, 1.807) is 0 Å². The minimum atomic E-state index is -0.451. The number of rotatable bonds is 7. The Bertz CT molecular complexity index is 1510. The molecule has 0 aliphatic carbocycles.